The highest BCUT2D eigenvalue weighted by Crippen LogP contribution is 2.27. The first-order valence-corrected chi connectivity index (χ1v) is 10.2. The van der Waals surface area contributed by atoms with Gasteiger partial charge in [0.25, 0.3) is 0 Å². The molecule has 1 aliphatic heterocycles. The molecule has 2 heterocycles. The van der Waals surface area contributed by atoms with Crippen molar-refractivity contribution in [3.8, 4) is 0 Å². The van der Waals surface area contributed by atoms with Gasteiger partial charge in [-0.1, -0.05) is 0 Å². The lowest BCUT2D eigenvalue weighted by Crippen LogP contribution is -2.32. The van der Waals surface area contributed by atoms with E-state index in [0.717, 1.165) is 9.87 Å². The summed E-state index contributed by atoms with van der Waals surface area (Å²) in [5.41, 5.74) is 1.51. The van der Waals surface area contributed by atoms with Crippen LogP contribution in [0.5, 0.6) is 0 Å². The first-order chi connectivity index (χ1) is 13.3. The van der Waals surface area contributed by atoms with E-state index in [1.807, 2.05) is 12.1 Å². The average molecular weight is 402 g/mol. The lowest BCUT2D eigenvalue weighted by Gasteiger charge is -2.18. The third kappa shape index (κ3) is 4.20. The topological polar surface area (TPSA) is 99.7 Å². The minimum Gasteiger partial charge on any atom is -0.352 e. The molecule has 28 heavy (non-hydrogen) atoms. The lowest BCUT2D eigenvalue weighted by molar-refractivity contribution is -0.126. The third-order valence-corrected chi connectivity index (χ3v) is 6.47. The Morgan fingerprint density at radius 2 is 1.82 bits per heavy atom. The van der Waals surface area contributed by atoms with E-state index < -0.39 is 15.9 Å². The van der Waals surface area contributed by atoms with Gasteiger partial charge in [-0.05, 0) is 42.0 Å². The molecule has 1 unspecified atom stereocenters. The summed E-state index contributed by atoms with van der Waals surface area (Å²) >= 11 is 0. The predicted octanol–water partition coefficient (Wildman–Crippen LogP) is 1.00. The highest BCUT2D eigenvalue weighted by Gasteiger charge is 2.35. The Balaban J connectivity index is 1.65. The molecule has 1 aromatic carbocycles. The number of nitrogens with one attached hydrogen (secondary N) is 1. The Bertz CT molecular complexity index is 959. The van der Waals surface area contributed by atoms with Gasteiger partial charge in [-0.2, -0.15) is 0 Å². The molecule has 1 aromatic heterocycles. The first kappa shape index (κ1) is 20.0. The van der Waals surface area contributed by atoms with E-state index in [0.29, 0.717) is 12.2 Å². The van der Waals surface area contributed by atoms with E-state index in [9.17, 15) is 18.0 Å². The van der Waals surface area contributed by atoms with Crippen molar-refractivity contribution < 1.29 is 18.0 Å². The maximum absolute atomic E-state index is 12.4. The van der Waals surface area contributed by atoms with Crippen LogP contribution in [0.4, 0.5) is 5.69 Å². The van der Waals surface area contributed by atoms with Crippen LogP contribution in [0.25, 0.3) is 0 Å². The summed E-state index contributed by atoms with van der Waals surface area (Å²) in [4.78, 5) is 30.4. The SMILES string of the molecule is CN(C)S(=O)(=O)c1ccc(N2CC(C(=O)NCc3ccncc3)CC2=O)cc1. The Morgan fingerprint density at radius 1 is 1.18 bits per heavy atom. The summed E-state index contributed by atoms with van der Waals surface area (Å²) in [7, 11) is -0.606. The van der Waals surface area contributed by atoms with Gasteiger partial charge < -0.3 is 10.2 Å². The molecule has 0 aliphatic carbocycles. The standard InChI is InChI=1S/C19H22N4O4S/c1-22(2)28(26,27)17-5-3-16(4-6-17)23-13-15(11-18(23)24)19(25)21-12-14-7-9-20-10-8-14/h3-10,15H,11-13H2,1-2H3,(H,21,25). The fraction of sp³-hybridized carbons (Fsp3) is 0.316. The van der Waals surface area contributed by atoms with Crippen LogP contribution >= 0.6 is 0 Å². The average Bonchev–Trinajstić information content (AvgIpc) is 3.08. The fourth-order valence-electron chi connectivity index (χ4n) is 2.98. The van der Waals surface area contributed by atoms with Gasteiger partial charge in [-0.3, -0.25) is 14.6 Å². The maximum Gasteiger partial charge on any atom is 0.242 e. The first-order valence-electron chi connectivity index (χ1n) is 8.78. The summed E-state index contributed by atoms with van der Waals surface area (Å²) in [5, 5.41) is 2.84. The zero-order valence-electron chi connectivity index (χ0n) is 15.7. The van der Waals surface area contributed by atoms with Crippen molar-refractivity contribution >= 4 is 27.5 Å². The van der Waals surface area contributed by atoms with Crippen LogP contribution in [0.15, 0.2) is 53.7 Å². The van der Waals surface area contributed by atoms with Crippen molar-refractivity contribution in [3.05, 3.63) is 54.4 Å². The summed E-state index contributed by atoms with van der Waals surface area (Å²) in [6.07, 6.45) is 3.44. The van der Waals surface area contributed by atoms with Gasteiger partial charge >= 0.3 is 0 Å². The van der Waals surface area contributed by atoms with Crippen LogP contribution in [-0.2, 0) is 26.2 Å². The molecule has 2 aromatic rings. The molecule has 8 nitrogen and oxygen atoms in total. The Kier molecular flexibility index (Phi) is 5.76. The molecule has 1 atom stereocenters. The second kappa shape index (κ2) is 8.07. The number of carbonyl (C=O) groups is 2. The number of carbonyl (C=O) groups excluding carboxylic acids is 2. The van der Waals surface area contributed by atoms with E-state index in [-0.39, 0.29) is 29.7 Å². The van der Waals surface area contributed by atoms with E-state index in [2.05, 4.69) is 10.3 Å². The van der Waals surface area contributed by atoms with Crippen LogP contribution in [0.2, 0.25) is 0 Å². The molecular weight excluding hydrogens is 380 g/mol. The second-order valence-corrected chi connectivity index (χ2v) is 8.91. The molecule has 1 saturated heterocycles. The summed E-state index contributed by atoms with van der Waals surface area (Å²) < 4.78 is 25.4. The molecule has 2 amide bonds. The van der Waals surface area contributed by atoms with Crippen molar-refractivity contribution in [3.63, 3.8) is 0 Å². The maximum atomic E-state index is 12.4. The van der Waals surface area contributed by atoms with Gasteiger partial charge in [0.2, 0.25) is 21.8 Å². The molecule has 0 bridgehead atoms. The quantitative estimate of drug-likeness (QED) is 0.777. The van der Waals surface area contributed by atoms with Crippen molar-refractivity contribution in [1.29, 1.82) is 0 Å². The van der Waals surface area contributed by atoms with Crippen LogP contribution in [-0.4, -0.2) is 50.2 Å². The molecule has 0 radical (unpaired) electrons. The van der Waals surface area contributed by atoms with Gasteiger partial charge in [0.05, 0.1) is 10.8 Å². The third-order valence-electron chi connectivity index (χ3n) is 4.64. The molecule has 1 fully saturated rings. The fourth-order valence-corrected chi connectivity index (χ4v) is 3.88. The zero-order valence-corrected chi connectivity index (χ0v) is 16.5. The van der Waals surface area contributed by atoms with Crippen LogP contribution in [0, 0.1) is 5.92 Å². The summed E-state index contributed by atoms with van der Waals surface area (Å²) in [6, 6.07) is 9.74. The number of benzene rings is 1. The summed E-state index contributed by atoms with van der Waals surface area (Å²) in [5.74, 6) is -0.786. The van der Waals surface area contributed by atoms with E-state index in [4.69, 9.17) is 0 Å². The van der Waals surface area contributed by atoms with Crippen molar-refractivity contribution in [2.45, 2.75) is 17.9 Å². The van der Waals surface area contributed by atoms with Gasteiger partial charge in [-0.25, -0.2) is 12.7 Å². The number of pyridine rings is 1. The Labute approximate surface area is 164 Å². The monoisotopic (exact) mass is 402 g/mol. The highest BCUT2D eigenvalue weighted by molar-refractivity contribution is 7.89. The van der Waals surface area contributed by atoms with Crippen LogP contribution < -0.4 is 10.2 Å². The smallest absolute Gasteiger partial charge is 0.242 e. The molecule has 1 N–H and O–H groups in total. The Hall–Kier alpha value is -2.78. The summed E-state index contributed by atoms with van der Waals surface area (Å²) in [6.45, 7) is 0.643. The van der Waals surface area contributed by atoms with Crippen molar-refractivity contribution in [2.24, 2.45) is 5.92 Å². The van der Waals surface area contributed by atoms with Gasteiger partial charge in [-0.15, -0.1) is 0 Å². The van der Waals surface area contributed by atoms with E-state index >= 15 is 0 Å². The Morgan fingerprint density at radius 3 is 2.43 bits per heavy atom. The second-order valence-electron chi connectivity index (χ2n) is 6.76. The van der Waals surface area contributed by atoms with Crippen molar-refractivity contribution in [2.75, 3.05) is 25.5 Å². The minimum atomic E-state index is -3.53. The number of rotatable bonds is 6. The number of hydrogen-bond acceptors (Lipinski definition) is 5. The zero-order chi connectivity index (χ0) is 20.3. The molecule has 0 spiro atoms. The van der Waals surface area contributed by atoms with Crippen LogP contribution in [0.3, 0.4) is 0 Å². The molecule has 1 aliphatic rings. The number of anilines is 1. The van der Waals surface area contributed by atoms with Gasteiger partial charge in [0, 0.05) is 51.7 Å². The number of aromatic nitrogens is 1. The highest BCUT2D eigenvalue weighted by atomic mass is 32.2. The van der Waals surface area contributed by atoms with Crippen LogP contribution in [0.1, 0.15) is 12.0 Å². The number of hydrogen-bond donors (Lipinski definition) is 1. The van der Waals surface area contributed by atoms with Gasteiger partial charge in [0.15, 0.2) is 0 Å². The molecule has 3 rings (SSSR count). The normalized spacial score (nSPS) is 17.2. The minimum absolute atomic E-state index is 0.125. The number of amides is 2. The number of sulfonamides is 1. The van der Waals surface area contributed by atoms with E-state index in [1.54, 1.807) is 24.5 Å². The molecule has 0 saturated carbocycles. The molecule has 9 heteroatoms. The molecule has 148 valence electrons. The number of nitrogens with zero attached hydrogens (tertiary/aromatic N) is 3. The molecular formula is C19H22N4O4S. The van der Waals surface area contributed by atoms with Gasteiger partial charge in [0.1, 0.15) is 0 Å². The largest absolute Gasteiger partial charge is 0.352 e. The predicted molar refractivity (Wildman–Crippen MR) is 104 cm³/mol. The van der Waals surface area contributed by atoms with E-state index in [1.165, 1.54) is 31.1 Å². The van der Waals surface area contributed by atoms with Crippen molar-refractivity contribution in [1.82, 2.24) is 14.6 Å². The lowest BCUT2D eigenvalue weighted by atomic mass is 10.1.